The number of hydrogen-bond acceptors (Lipinski definition) is 1. The summed E-state index contributed by atoms with van der Waals surface area (Å²) in [6.07, 6.45) is 3.42. The van der Waals surface area contributed by atoms with Crippen molar-refractivity contribution in [1.29, 1.82) is 0 Å². The summed E-state index contributed by atoms with van der Waals surface area (Å²) < 4.78 is 0. The smallest absolute Gasteiger partial charge is 0.000141 e. The molecule has 0 aliphatic heterocycles. The molecule has 0 fully saturated rings. The largest absolute Gasteiger partial charge is 0.165 e. The van der Waals surface area contributed by atoms with Crippen LogP contribution in [0.25, 0.3) is 0 Å². The van der Waals surface area contributed by atoms with Crippen LogP contribution < -0.4 is 0 Å². The first kappa shape index (κ1) is 10.6. The Kier molecular flexibility index (Phi) is 4.37. The highest BCUT2D eigenvalue weighted by Gasteiger charge is 2.07. The predicted molar refractivity (Wildman–Crippen MR) is 62.6 cm³/mol. The van der Waals surface area contributed by atoms with Crippen LogP contribution in [0.2, 0.25) is 0 Å². The zero-order valence-electron chi connectivity index (χ0n) is 8.71. The third-order valence-corrected chi connectivity index (χ3v) is 3.15. The van der Waals surface area contributed by atoms with E-state index in [0.29, 0.717) is 0 Å². The summed E-state index contributed by atoms with van der Waals surface area (Å²) >= 11 is 1.93. The third-order valence-electron chi connectivity index (χ3n) is 2.41. The first-order chi connectivity index (χ1) is 6.27. The van der Waals surface area contributed by atoms with Gasteiger partial charge in [0, 0.05) is 0 Å². The van der Waals surface area contributed by atoms with E-state index in [4.69, 9.17) is 0 Å². The Balaban J connectivity index is 2.73. The molecule has 0 N–H and O–H groups in total. The monoisotopic (exact) mass is 194 g/mol. The van der Waals surface area contributed by atoms with Crippen LogP contribution in [0, 0.1) is 6.92 Å². The number of thioether (sulfide) groups is 1. The molecule has 0 saturated carbocycles. The normalized spacial score (nSPS) is 12.8. The fourth-order valence-electron chi connectivity index (χ4n) is 1.49. The van der Waals surface area contributed by atoms with E-state index >= 15 is 0 Å². The number of hydrogen-bond donors (Lipinski definition) is 0. The fourth-order valence-corrected chi connectivity index (χ4v) is 2.32. The molecule has 0 spiro atoms. The molecule has 0 saturated heterocycles. The second kappa shape index (κ2) is 5.33. The SMILES string of the molecule is CCC(CSC)c1ccc(C)cc1. The van der Waals surface area contributed by atoms with Gasteiger partial charge in [-0.15, -0.1) is 0 Å². The van der Waals surface area contributed by atoms with Gasteiger partial charge in [-0.1, -0.05) is 36.8 Å². The fraction of sp³-hybridized carbons (Fsp3) is 0.500. The topological polar surface area (TPSA) is 0 Å². The van der Waals surface area contributed by atoms with Crippen molar-refractivity contribution in [3.8, 4) is 0 Å². The van der Waals surface area contributed by atoms with Crippen LogP contribution in [0.1, 0.15) is 30.4 Å². The van der Waals surface area contributed by atoms with Gasteiger partial charge in [0.2, 0.25) is 0 Å². The summed E-state index contributed by atoms with van der Waals surface area (Å²) in [5.74, 6) is 1.97. The highest BCUT2D eigenvalue weighted by Crippen LogP contribution is 2.23. The van der Waals surface area contributed by atoms with Crippen molar-refractivity contribution in [3.05, 3.63) is 35.4 Å². The van der Waals surface area contributed by atoms with Crippen LogP contribution in [0.3, 0.4) is 0 Å². The molecule has 13 heavy (non-hydrogen) atoms. The van der Waals surface area contributed by atoms with Crippen LogP contribution in [0.5, 0.6) is 0 Å². The molecule has 1 aromatic rings. The molecule has 1 heteroatoms. The van der Waals surface area contributed by atoms with Gasteiger partial charge >= 0.3 is 0 Å². The minimum Gasteiger partial charge on any atom is -0.165 e. The molecule has 1 rings (SSSR count). The Bertz CT molecular complexity index is 238. The van der Waals surface area contributed by atoms with E-state index in [1.807, 2.05) is 11.8 Å². The Morgan fingerprint density at radius 3 is 2.31 bits per heavy atom. The summed E-state index contributed by atoms with van der Waals surface area (Å²) in [5.41, 5.74) is 2.84. The Morgan fingerprint density at radius 2 is 1.85 bits per heavy atom. The van der Waals surface area contributed by atoms with Gasteiger partial charge in [-0.3, -0.25) is 0 Å². The molecule has 0 heterocycles. The average molecular weight is 194 g/mol. The molecule has 1 aromatic carbocycles. The molecular weight excluding hydrogens is 176 g/mol. The number of benzene rings is 1. The Hall–Kier alpha value is -0.430. The molecule has 0 nitrogen and oxygen atoms in total. The Labute approximate surface area is 85.7 Å². The van der Waals surface area contributed by atoms with Gasteiger partial charge in [0.1, 0.15) is 0 Å². The minimum atomic E-state index is 0.732. The van der Waals surface area contributed by atoms with Gasteiger partial charge in [-0.25, -0.2) is 0 Å². The van der Waals surface area contributed by atoms with Crippen molar-refractivity contribution in [2.75, 3.05) is 12.0 Å². The van der Waals surface area contributed by atoms with Crippen molar-refractivity contribution in [2.24, 2.45) is 0 Å². The van der Waals surface area contributed by atoms with Crippen LogP contribution in [-0.2, 0) is 0 Å². The van der Waals surface area contributed by atoms with Gasteiger partial charge in [0.15, 0.2) is 0 Å². The first-order valence-corrected chi connectivity index (χ1v) is 6.22. The van der Waals surface area contributed by atoms with Crippen molar-refractivity contribution in [3.63, 3.8) is 0 Å². The molecule has 1 unspecified atom stereocenters. The lowest BCUT2D eigenvalue weighted by molar-refractivity contribution is 0.744. The van der Waals surface area contributed by atoms with Crippen LogP contribution >= 0.6 is 11.8 Å². The van der Waals surface area contributed by atoms with E-state index in [0.717, 1.165) is 5.92 Å². The predicted octanol–water partition coefficient (Wildman–Crippen LogP) is 3.85. The lowest BCUT2D eigenvalue weighted by Crippen LogP contribution is -1.99. The first-order valence-electron chi connectivity index (χ1n) is 4.83. The average Bonchev–Trinajstić information content (AvgIpc) is 2.16. The van der Waals surface area contributed by atoms with E-state index in [1.165, 1.54) is 23.3 Å². The third kappa shape index (κ3) is 3.07. The van der Waals surface area contributed by atoms with Gasteiger partial charge in [0.25, 0.3) is 0 Å². The lowest BCUT2D eigenvalue weighted by atomic mass is 9.98. The highest BCUT2D eigenvalue weighted by molar-refractivity contribution is 7.98. The molecule has 0 bridgehead atoms. The molecule has 0 aliphatic rings. The minimum absolute atomic E-state index is 0.732. The van der Waals surface area contributed by atoms with E-state index in [1.54, 1.807) is 0 Å². The van der Waals surface area contributed by atoms with Gasteiger partial charge in [-0.05, 0) is 36.8 Å². The zero-order valence-corrected chi connectivity index (χ0v) is 9.53. The van der Waals surface area contributed by atoms with Gasteiger partial charge in [-0.2, -0.15) is 11.8 Å². The van der Waals surface area contributed by atoms with Crippen molar-refractivity contribution < 1.29 is 0 Å². The van der Waals surface area contributed by atoms with Gasteiger partial charge in [0.05, 0.1) is 0 Å². The Morgan fingerprint density at radius 1 is 1.23 bits per heavy atom. The van der Waals surface area contributed by atoms with Crippen molar-refractivity contribution in [1.82, 2.24) is 0 Å². The van der Waals surface area contributed by atoms with Crippen molar-refractivity contribution in [2.45, 2.75) is 26.2 Å². The second-order valence-corrected chi connectivity index (χ2v) is 4.38. The maximum absolute atomic E-state index is 2.26. The van der Waals surface area contributed by atoms with E-state index in [-0.39, 0.29) is 0 Å². The highest BCUT2D eigenvalue weighted by atomic mass is 32.2. The van der Waals surface area contributed by atoms with Crippen LogP contribution in [0.15, 0.2) is 24.3 Å². The lowest BCUT2D eigenvalue weighted by Gasteiger charge is -2.13. The summed E-state index contributed by atoms with van der Waals surface area (Å²) in [7, 11) is 0. The van der Waals surface area contributed by atoms with Crippen LogP contribution in [-0.4, -0.2) is 12.0 Å². The standard InChI is InChI=1S/C12H18S/c1-4-11(9-13-3)12-7-5-10(2)6-8-12/h5-8,11H,4,9H2,1-3H3. The number of rotatable bonds is 4. The molecular formula is C12H18S. The summed E-state index contributed by atoms with van der Waals surface area (Å²) in [6, 6.07) is 8.94. The molecule has 72 valence electrons. The summed E-state index contributed by atoms with van der Waals surface area (Å²) in [4.78, 5) is 0. The van der Waals surface area contributed by atoms with Crippen LogP contribution in [0.4, 0.5) is 0 Å². The maximum atomic E-state index is 2.26. The molecule has 1 atom stereocenters. The zero-order chi connectivity index (χ0) is 9.68. The molecule has 0 amide bonds. The second-order valence-electron chi connectivity index (χ2n) is 3.47. The van der Waals surface area contributed by atoms with Gasteiger partial charge < -0.3 is 0 Å². The molecule has 0 radical (unpaired) electrons. The summed E-state index contributed by atoms with van der Waals surface area (Å²) in [6.45, 7) is 4.40. The molecule has 0 aliphatic carbocycles. The van der Waals surface area contributed by atoms with E-state index in [2.05, 4.69) is 44.4 Å². The van der Waals surface area contributed by atoms with Crippen molar-refractivity contribution >= 4 is 11.8 Å². The maximum Gasteiger partial charge on any atom is -0.000141 e. The number of aryl methyl sites for hydroxylation is 1. The summed E-state index contributed by atoms with van der Waals surface area (Å²) in [5, 5.41) is 0. The van der Waals surface area contributed by atoms with E-state index < -0.39 is 0 Å². The quantitative estimate of drug-likeness (QED) is 0.701. The van der Waals surface area contributed by atoms with E-state index in [9.17, 15) is 0 Å². The molecule has 0 aromatic heterocycles.